The van der Waals surface area contributed by atoms with E-state index in [0.29, 0.717) is 5.92 Å². The van der Waals surface area contributed by atoms with Crippen LogP contribution in [-0.4, -0.2) is 36.2 Å². The van der Waals surface area contributed by atoms with Crippen LogP contribution in [-0.2, 0) is 0 Å². The zero-order valence-corrected chi connectivity index (χ0v) is 7.61. The Labute approximate surface area is 73.6 Å². The van der Waals surface area contributed by atoms with E-state index in [0.717, 1.165) is 24.2 Å². The van der Waals surface area contributed by atoms with E-state index in [9.17, 15) is 5.11 Å². The largest absolute Gasteiger partial charge is 0.393 e. The molecule has 5 unspecified atom stereocenters. The van der Waals surface area contributed by atoms with Crippen molar-refractivity contribution < 1.29 is 5.11 Å². The molecule has 0 spiro atoms. The number of aliphatic hydroxyl groups is 1. The molecule has 2 aliphatic carbocycles. The van der Waals surface area contributed by atoms with Crippen molar-refractivity contribution in [2.45, 2.75) is 18.9 Å². The van der Waals surface area contributed by atoms with E-state index >= 15 is 0 Å². The molecular weight excluding hydrogens is 150 g/mol. The summed E-state index contributed by atoms with van der Waals surface area (Å²) in [6.45, 7) is 2.53. The van der Waals surface area contributed by atoms with Crippen LogP contribution >= 0.6 is 0 Å². The van der Waals surface area contributed by atoms with Gasteiger partial charge in [0.2, 0.25) is 0 Å². The van der Waals surface area contributed by atoms with Gasteiger partial charge in [0.15, 0.2) is 0 Å². The SMILES string of the molecule is CN1CC2C3CC(O)C(C3)C2C1. The molecule has 1 saturated heterocycles. The fraction of sp³-hybridized carbons (Fsp3) is 1.00. The van der Waals surface area contributed by atoms with Gasteiger partial charge < -0.3 is 10.0 Å². The minimum Gasteiger partial charge on any atom is -0.393 e. The van der Waals surface area contributed by atoms with Gasteiger partial charge >= 0.3 is 0 Å². The van der Waals surface area contributed by atoms with Gasteiger partial charge in [0.1, 0.15) is 0 Å². The molecule has 0 aromatic carbocycles. The van der Waals surface area contributed by atoms with Gasteiger partial charge in [0.25, 0.3) is 0 Å². The lowest BCUT2D eigenvalue weighted by atomic mass is 9.80. The number of rotatable bonds is 0. The number of fused-ring (bicyclic) bond motifs is 5. The second-order valence-corrected chi connectivity index (χ2v) is 5.01. The summed E-state index contributed by atoms with van der Waals surface area (Å²) >= 11 is 0. The third-order valence-corrected chi connectivity index (χ3v) is 4.36. The second-order valence-electron chi connectivity index (χ2n) is 5.01. The first-order valence-electron chi connectivity index (χ1n) is 5.12. The summed E-state index contributed by atoms with van der Waals surface area (Å²) in [5.74, 6) is 3.29. The van der Waals surface area contributed by atoms with Crippen molar-refractivity contribution in [3.63, 3.8) is 0 Å². The van der Waals surface area contributed by atoms with E-state index in [4.69, 9.17) is 0 Å². The maximum absolute atomic E-state index is 9.73. The summed E-state index contributed by atoms with van der Waals surface area (Å²) in [6, 6.07) is 0. The number of nitrogens with zero attached hydrogens (tertiary/aromatic N) is 1. The Morgan fingerprint density at radius 1 is 1.08 bits per heavy atom. The van der Waals surface area contributed by atoms with Gasteiger partial charge in [0.05, 0.1) is 6.10 Å². The highest BCUT2D eigenvalue weighted by Crippen LogP contribution is 2.54. The number of aliphatic hydroxyl groups excluding tert-OH is 1. The Kier molecular flexibility index (Phi) is 1.37. The molecule has 0 amide bonds. The topological polar surface area (TPSA) is 23.5 Å². The Bertz CT molecular complexity index is 202. The number of hydrogen-bond acceptors (Lipinski definition) is 2. The summed E-state index contributed by atoms with van der Waals surface area (Å²) in [7, 11) is 2.21. The smallest absolute Gasteiger partial charge is 0.0574 e. The molecule has 12 heavy (non-hydrogen) atoms. The van der Waals surface area contributed by atoms with Crippen molar-refractivity contribution in [2.75, 3.05) is 20.1 Å². The van der Waals surface area contributed by atoms with Crippen LogP contribution in [0.5, 0.6) is 0 Å². The van der Waals surface area contributed by atoms with E-state index in [1.54, 1.807) is 0 Å². The van der Waals surface area contributed by atoms with Crippen LogP contribution in [0, 0.1) is 23.7 Å². The van der Waals surface area contributed by atoms with E-state index in [1.165, 1.54) is 19.5 Å². The molecule has 68 valence electrons. The molecule has 2 heteroatoms. The van der Waals surface area contributed by atoms with Crippen molar-refractivity contribution in [3.05, 3.63) is 0 Å². The Morgan fingerprint density at radius 2 is 1.83 bits per heavy atom. The standard InChI is InChI=1S/C10H17NO/c1-11-4-8-6-2-7(9(8)5-11)10(12)3-6/h6-10,12H,2-5H2,1H3. The normalized spacial score (nSPS) is 58.0. The average Bonchev–Trinajstić information content (AvgIpc) is 2.57. The number of hydrogen-bond donors (Lipinski definition) is 1. The van der Waals surface area contributed by atoms with Gasteiger partial charge in [-0.05, 0) is 43.6 Å². The van der Waals surface area contributed by atoms with Gasteiger partial charge in [-0.15, -0.1) is 0 Å². The zero-order chi connectivity index (χ0) is 8.29. The molecule has 1 N–H and O–H groups in total. The lowest BCUT2D eigenvalue weighted by Gasteiger charge is -2.27. The van der Waals surface area contributed by atoms with Crippen LogP contribution in [0.1, 0.15) is 12.8 Å². The van der Waals surface area contributed by atoms with Crippen molar-refractivity contribution in [1.29, 1.82) is 0 Å². The summed E-state index contributed by atoms with van der Waals surface area (Å²) in [6.07, 6.45) is 2.46. The van der Waals surface area contributed by atoms with Crippen LogP contribution in [0.25, 0.3) is 0 Å². The maximum atomic E-state index is 9.73. The molecule has 3 fully saturated rings. The van der Waals surface area contributed by atoms with Crippen LogP contribution in [0.3, 0.4) is 0 Å². The summed E-state index contributed by atoms with van der Waals surface area (Å²) in [5.41, 5.74) is 0. The summed E-state index contributed by atoms with van der Waals surface area (Å²) < 4.78 is 0. The molecule has 2 bridgehead atoms. The lowest BCUT2D eigenvalue weighted by molar-refractivity contribution is 0.0697. The fourth-order valence-electron chi connectivity index (χ4n) is 3.91. The fourth-order valence-corrected chi connectivity index (χ4v) is 3.91. The Morgan fingerprint density at radius 3 is 2.67 bits per heavy atom. The monoisotopic (exact) mass is 167 g/mol. The molecule has 3 rings (SSSR count). The average molecular weight is 167 g/mol. The summed E-state index contributed by atoms with van der Waals surface area (Å²) in [4.78, 5) is 2.44. The maximum Gasteiger partial charge on any atom is 0.0574 e. The molecule has 1 aliphatic heterocycles. The van der Waals surface area contributed by atoms with Crippen molar-refractivity contribution in [1.82, 2.24) is 4.90 Å². The van der Waals surface area contributed by atoms with Crippen molar-refractivity contribution >= 4 is 0 Å². The minimum absolute atomic E-state index is 0.0442. The second kappa shape index (κ2) is 2.24. The van der Waals surface area contributed by atoms with E-state index in [2.05, 4.69) is 11.9 Å². The first-order valence-corrected chi connectivity index (χ1v) is 5.12. The summed E-state index contributed by atoms with van der Waals surface area (Å²) in [5, 5.41) is 9.73. The number of likely N-dealkylation sites (tertiary alicyclic amines) is 1. The van der Waals surface area contributed by atoms with Crippen molar-refractivity contribution in [3.8, 4) is 0 Å². The zero-order valence-electron chi connectivity index (χ0n) is 7.61. The molecule has 2 saturated carbocycles. The molecule has 1 heterocycles. The highest BCUT2D eigenvalue weighted by atomic mass is 16.3. The predicted molar refractivity (Wildman–Crippen MR) is 46.7 cm³/mol. The molecule has 0 aromatic heterocycles. The van der Waals surface area contributed by atoms with E-state index in [-0.39, 0.29) is 6.10 Å². The van der Waals surface area contributed by atoms with Gasteiger partial charge in [0, 0.05) is 13.1 Å². The van der Waals surface area contributed by atoms with Gasteiger partial charge in [-0.2, -0.15) is 0 Å². The van der Waals surface area contributed by atoms with Crippen LogP contribution in [0.2, 0.25) is 0 Å². The molecular formula is C10H17NO. The van der Waals surface area contributed by atoms with E-state index < -0.39 is 0 Å². The molecule has 0 radical (unpaired) electrons. The molecule has 5 atom stereocenters. The third kappa shape index (κ3) is 0.775. The third-order valence-electron chi connectivity index (χ3n) is 4.36. The first kappa shape index (κ1) is 7.34. The van der Waals surface area contributed by atoms with Gasteiger partial charge in [-0.25, -0.2) is 0 Å². The minimum atomic E-state index is 0.0442. The highest BCUT2D eigenvalue weighted by Gasteiger charge is 2.54. The molecule has 0 aromatic rings. The molecule has 2 nitrogen and oxygen atoms in total. The first-order chi connectivity index (χ1) is 5.75. The Balaban J connectivity index is 1.86. The van der Waals surface area contributed by atoms with Gasteiger partial charge in [-0.3, -0.25) is 0 Å². The van der Waals surface area contributed by atoms with Crippen LogP contribution in [0.15, 0.2) is 0 Å². The highest BCUT2D eigenvalue weighted by molar-refractivity contribution is 5.04. The van der Waals surface area contributed by atoms with Crippen molar-refractivity contribution in [2.24, 2.45) is 23.7 Å². The Hall–Kier alpha value is -0.0800. The van der Waals surface area contributed by atoms with Crippen LogP contribution in [0.4, 0.5) is 0 Å². The predicted octanol–water partition coefficient (Wildman–Crippen LogP) is 0.565. The van der Waals surface area contributed by atoms with Crippen LogP contribution < -0.4 is 0 Å². The van der Waals surface area contributed by atoms with Gasteiger partial charge in [-0.1, -0.05) is 0 Å². The quantitative estimate of drug-likeness (QED) is 0.570. The molecule has 3 aliphatic rings. The van der Waals surface area contributed by atoms with E-state index in [1.807, 2.05) is 0 Å². The lowest BCUT2D eigenvalue weighted by Crippen LogP contribution is -2.30.